The van der Waals surface area contributed by atoms with Crippen LogP contribution in [0.15, 0.2) is 53.7 Å². The Hall–Kier alpha value is -3.81. The molecule has 4 heterocycles. The van der Waals surface area contributed by atoms with E-state index in [1.165, 1.54) is 17.6 Å². The molecule has 0 atom stereocenters. The number of carbonyl (C=O) groups is 1. The van der Waals surface area contributed by atoms with Gasteiger partial charge in [0.15, 0.2) is 0 Å². The topological polar surface area (TPSA) is 103 Å². The highest BCUT2D eigenvalue weighted by molar-refractivity contribution is 5.96. The average molecular weight is 376 g/mol. The molecule has 0 spiro atoms. The number of fused-ring (bicyclic) bond motifs is 2. The molecule has 0 bridgehead atoms. The van der Waals surface area contributed by atoms with Crippen molar-refractivity contribution in [3.63, 3.8) is 0 Å². The fraction of sp³-hybridized carbons (Fsp3) is 0.150. The molecular weight excluding hydrogens is 358 g/mol. The summed E-state index contributed by atoms with van der Waals surface area (Å²) in [6.07, 6.45) is 5.07. The van der Waals surface area contributed by atoms with Crippen LogP contribution in [-0.2, 0) is 11.3 Å². The molecule has 0 aliphatic heterocycles. The summed E-state index contributed by atoms with van der Waals surface area (Å²) in [4.78, 5) is 34.1. The maximum atomic E-state index is 13.1. The average Bonchev–Trinajstić information content (AvgIpc) is 2.71. The van der Waals surface area contributed by atoms with Gasteiger partial charge in [-0.05, 0) is 30.7 Å². The molecule has 0 saturated heterocycles. The Labute approximate surface area is 159 Å². The van der Waals surface area contributed by atoms with Gasteiger partial charge in [-0.15, -0.1) is 0 Å². The van der Waals surface area contributed by atoms with Gasteiger partial charge in [0.1, 0.15) is 10.9 Å². The van der Waals surface area contributed by atoms with E-state index in [0.29, 0.717) is 17.8 Å². The number of hydrogen-bond donors (Lipinski definition) is 1. The van der Waals surface area contributed by atoms with Gasteiger partial charge >= 0.3 is 5.97 Å². The molecule has 28 heavy (non-hydrogen) atoms. The summed E-state index contributed by atoms with van der Waals surface area (Å²) in [5, 5.41) is 0.279. The lowest BCUT2D eigenvalue weighted by Crippen LogP contribution is -2.42. The summed E-state index contributed by atoms with van der Waals surface area (Å²) >= 11 is 0. The SMILES string of the molecule is COC(=O)c1cc2c(=O)n3cc(C)ccc3nc2[n+](Cc2cccnc2)c1N. The number of aryl methyl sites for hydroxylation is 1. The van der Waals surface area contributed by atoms with Gasteiger partial charge in [0.25, 0.3) is 11.2 Å². The third-order valence-electron chi connectivity index (χ3n) is 4.57. The standard InChI is InChI=1S/C20H17N5O3/c1-12-5-6-16-23-18-15(19(26)24(16)10-12)8-14(20(27)28-2)17(21)25(18)11-13-4-3-7-22-9-13/h3-10,21H,11H2,1-2H3/p+1. The Bertz CT molecular complexity index is 1280. The van der Waals surface area contributed by atoms with Gasteiger partial charge < -0.3 is 10.5 Å². The molecular formula is C20H18N5O3+. The third kappa shape index (κ3) is 2.84. The first kappa shape index (κ1) is 17.6. The lowest BCUT2D eigenvalue weighted by Gasteiger charge is -2.11. The number of aromatic nitrogens is 4. The molecule has 0 fully saturated rings. The monoisotopic (exact) mass is 376 g/mol. The summed E-state index contributed by atoms with van der Waals surface area (Å²) in [6.45, 7) is 2.19. The summed E-state index contributed by atoms with van der Waals surface area (Å²) in [6, 6.07) is 8.78. The molecule has 140 valence electrons. The molecule has 0 aliphatic rings. The normalized spacial score (nSPS) is 11.1. The van der Waals surface area contributed by atoms with E-state index in [1.54, 1.807) is 35.3 Å². The van der Waals surface area contributed by atoms with Crippen LogP contribution in [-0.4, -0.2) is 27.4 Å². The number of esters is 1. The number of nitrogen functional groups attached to an aromatic ring is 1. The molecule has 0 amide bonds. The maximum absolute atomic E-state index is 13.1. The van der Waals surface area contributed by atoms with E-state index in [9.17, 15) is 9.59 Å². The first-order valence-electron chi connectivity index (χ1n) is 8.62. The van der Waals surface area contributed by atoms with Crippen molar-refractivity contribution in [1.82, 2.24) is 14.4 Å². The van der Waals surface area contributed by atoms with Gasteiger partial charge in [0, 0.05) is 24.2 Å². The molecule has 8 nitrogen and oxygen atoms in total. The van der Waals surface area contributed by atoms with Gasteiger partial charge in [-0.2, -0.15) is 0 Å². The van der Waals surface area contributed by atoms with Crippen LogP contribution < -0.4 is 15.9 Å². The zero-order chi connectivity index (χ0) is 19.8. The third-order valence-corrected chi connectivity index (χ3v) is 4.57. The van der Waals surface area contributed by atoms with Crippen LogP contribution in [0.3, 0.4) is 0 Å². The second-order valence-electron chi connectivity index (χ2n) is 6.47. The van der Waals surface area contributed by atoms with Gasteiger partial charge in [0.2, 0.25) is 11.5 Å². The van der Waals surface area contributed by atoms with Crippen molar-refractivity contribution < 1.29 is 14.1 Å². The quantitative estimate of drug-likeness (QED) is 0.328. The summed E-state index contributed by atoms with van der Waals surface area (Å²) in [5.41, 5.74) is 8.78. The molecule has 4 rings (SSSR count). The lowest BCUT2D eigenvalue weighted by molar-refractivity contribution is -0.649. The lowest BCUT2D eigenvalue weighted by atomic mass is 10.1. The minimum atomic E-state index is -0.618. The number of nitrogens with two attached hydrogens (primary N) is 1. The summed E-state index contributed by atoms with van der Waals surface area (Å²) in [5.74, 6) is -0.445. The molecule has 0 radical (unpaired) electrons. The molecule has 0 saturated carbocycles. The smallest absolute Gasteiger partial charge is 0.344 e. The van der Waals surface area contributed by atoms with Crippen LogP contribution in [0.4, 0.5) is 5.82 Å². The number of pyridine rings is 3. The van der Waals surface area contributed by atoms with Gasteiger partial charge in [0.05, 0.1) is 13.7 Å². The predicted octanol–water partition coefficient (Wildman–Crippen LogP) is 1.26. The first-order chi connectivity index (χ1) is 13.5. The van der Waals surface area contributed by atoms with Crippen molar-refractivity contribution in [3.05, 3.63) is 76.0 Å². The minimum Gasteiger partial charge on any atom is -0.465 e. The highest BCUT2D eigenvalue weighted by Crippen LogP contribution is 2.16. The second kappa shape index (κ2) is 6.73. The van der Waals surface area contributed by atoms with E-state index >= 15 is 0 Å². The fourth-order valence-electron chi connectivity index (χ4n) is 3.16. The van der Waals surface area contributed by atoms with E-state index in [-0.39, 0.29) is 22.3 Å². The molecule has 8 heteroatoms. The van der Waals surface area contributed by atoms with Gasteiger partial charge in [-0.1, -0.05) is 17.1 Å². The Morgan fingerprint density at radius 1 is 1.32 bits per heavy atom. The Balaban J connectivity index is 2.10. The Morgan fingerprint density at radius 2 is 2.14 bits per heavy atom. The van der Waals surface area contributed by atoms with Gasteiger partial charge in [-0.25, -0.2) is 9.36 Å². The van der Waals surface area contributed by atoms with Crippen molar-refractivity contribution in [3.8, 4) is 0 Å². The molecule has 0 unspecified atom stereocenters. The first-order valence-corrected chi connectivity index (χ1v) is 8.62. The zero-order valence-electron chi connectivity index (χ0n) is 15.4. The van der Waals surface area contributed by atoms with E-state index in [0.717, 1.165) is 11.1 Å². The largest absolute Gasteiger partial charge is 0.465 e. The van der Waals surface area contributed by atoms with Crippen molar-refractivity contribution >= 4 is 28.5 Å². The highest BCUT2D eigenvalue weighted by Gasteiger charge is 2.25. The number of carbonyl (C=O) groups excluding carboxylic acids is 1. The minimum absolute atomic E-state index is 0.116. The number of methoxy groups -OCH3 is 1. The highest BCUT2D eigenvalue weighted by atomic mass is 16.5. The van der Waals surface area contributed by atoms with Crippen molar-refractivity contribution in [2.24, 2.45) is 0 Å². The molecule has 2 N–H and O–H groups in total. The van der Waals surface area contributed by atoms with E-state index in [1.807, 2.05) is 19.1 Å². The number of nitrogens with zero attached hydrogens (tertiary/aromatic N) is 4. The van der Waals surface area contributed by atoms with Crippen LogP contribution in [0.1, 0.15) is 21.5 Å². The number of anilines is 1. The van der Waals surface area contributed by atoms with E-state index in [4.69, 9.17) is 10.5 Å². The van der Waals surface area contributed by atoms with Crippen LogP contribution in [0.2, 0.25) is 0 Å². The van der Waals surface area contributed by atoms with Crippen molar-refractivity contribution in [2.45, 2.75) is 13.5 Å². The van der Waals surface area contributed by atoms with Crippen LogP contribution in [0, 0.1) is 6.92 Å². The number of rotatable bonds is 3. The number of hydrogen-bond acceptors (Lipinski definition) is 6. The summed E-state index contributed by atoms with van der Waals surface area (Å²) < 4.78 is 7.94. The molecule has 4 aromatic rings. The van der Waals surface area contributed by atoms with E-state index < -0.39 is 5.97 Å². The summed E-state index contributed by atoms with van der Waals surface area (Å²) in [7, 11) is 1.27. The Morgan fingerprint density at radius 3 is 2.86 bits per heavy atom. The van der Waals surface area contributed by atoms with E-state index in [2.05, 4.69) is 9.97 Å². The predicted molar refractivity (Wildman–Crippen MR) is 103 cm³/mol. The van der Waals surface area contributed by atoms with Crippen molar-refractivity contribution in [2.75, 3.05) is 12.8 Å². The fourth-order valence-corrected chi connectivity index (χ4v) is 3.16. The van der Waals surface area contributed by atoms with Crippen LogP contribution in [0.25, 0.3) is 16.7 Å². The molecule has 0 aliphatic carbocycles. The van der Waals surface area contributed by atoms with Crippen LogP contribution >= 0.6 is 0 Å². The molecule has 4 aromatic heterocycles. The molecule has 0 aromatic carbocycles. The maximum Gasteiger partial charge on any atom is 0.344 e. The second-order valence-corrected chi connectivity index (χ2v) is 6.47. The van der Waals surface area contributed by atoms with Gasteiger partial charge in [-0.3, -0.25) is 14.2 Å². The van der Waals surface area contributed by atoms with Crippen molar-refractivity contribution in [1.29, 1.82) is 0 Å². The van der Waals surface area contributed by atoms with Crippen LogP contribution in [0.5, 0.6) is 0 Å². The zero-order valence-corrected chi connectivity index (χ0v) is 15.4. The Kier molecular flexibility index (Phi) is 4.23. The number of ether oxygens (including phenoxy) is 1.